The monoisotopic (exact) mass is 273 g/mol. The average molecular weight is 273 g/mol. The fourth-order valence-corrected chi connectivity index (χ4v) is 2.10. The molecule has 1 atom stereocenters. The Morgan fingerprint density at radius 1 is 1.45 bits per heavy atom. The van der Waals surface area contributed by atoms with Crippen LogP contribution in [-0.4, -0.2) is 28.3 Å². The van der Waals surface area contributed by atoms with Crippen molar-refractivity contribution in [2.24, 2.45) is 0 Å². The third-order valence-corrected chi connectivity index (χ3v) is 3.06. The van der Waals surface area contributed by atoms with Crippen LogP contribution in [0.15, 0.2) is 36.9 Å². The van der Waals surface area contributed by atoms with Crippen molar-refractivity contribution in [2.75, 3.05) is 6.79 Å². The second kappa shape index (κ2) is 5.24. The van der Waals surface area contributed by atoms with E-state index in [2.05, 4.69) is 10.3 Å². The fraction of sp³-hybridized carbons (Fsp3) is 0.286. The van der Waals surface area contributed by atoms with Crippen molar-refractivity contribution in [1.29, 1.82) is 0 Å². The van der Waals surface area contributed by atoms with Crippen LogP contribution >= 0.6 is 0 Å². The van der Waals surface area contributed by atoms with E-state index in [0.717, 1.165) is 0 Å². The molecule has 0 unspecified atom stereocenters. The predicted octanol–water partition coefficient (Wildman–Crippen LogP) is 1.43. The van der Waals surface area contributed by atoms with E-state index in [1.165, 1.54) is 0 Å². The molecule has 1 aliphatic rings. The van der Waals surface area contributed by atoms with Gasteiger partial charge < -0.3 is 19.4 Å². The molecular weight excluding hydrogens is 258 g/mol. The zero-order valence-corrected chi connectivity index (χ0v) is 11.1. The van der Waals surface area contributed by atoms with E-state index < -0.39 is 0 Å². The summed E-state index contributed by atoms with van der Waals surface area (Å²) < 4.78 is 12.4. The van der Waals surface area contributed by atoms with Gasteiger partial charge in [-0.05, 0) is 25.1 Å². The van der Waals surface area contributed by atoms with Gasteiger partial charge >= 0.3 is 0 Å². The minimum absolute atomic E-state index is 0.00197. The summed E-state index contributed by atoms with van der Waals surface area (Å²) in [6, 6.07) is 5.17. The van der Waals surface area contributed by atoms with Crippen LogP contribution in [0.25, 0.3) is 0 Å². The maximum Gasteiger partial charge on any atom is 0.251 e. The smallest absolute Gasteiger partial charge is 0.251 e. The van der Waals surface area contributed by atoms with Crippen molar-refractivity contribution < 1.29 is 14.3 Å². The number of aromatic nitrogens is 2. The van der Waals surface area contributed by atoms with Crippen LogP contribution in [0, 0.1) is 0 Å². The number of carbonyl (C=O) groups excluding carboxylic acids is 1. The topological polar surface area (TPSA) is 65.4 Å². The Hall–Kier alpha value is -2.50. The van der Waals surface area contributed by atoms with E-state index in [1.807, 2.05) is 17.7 Å². The van der Waals surface area contributed by atoms with E-state index in [-0.39, 0.29) is 18.7 Å². The summed E-state index contributed by atoms with van der Waals surface area (Å²) in [5, 5.41) is 2.94. The summed E-state index contributed by atoms with van der Waals surface area (Å²) in [5.41, 5.74) is 0.562. The van der Waals surface area contributed by atoms with Crippen LogP contribution in [0.3, 0.4) is 0 Å². The average Bonchev–Trinajstić information content (AvgIpc) is 3.07. The minimum Gasteiger partial charge on any atom is -0.454 e. The van der Waals surface area contributed by atoms with Crippen LogP contribution in [0.5, 0.6) is 11.5 Å². The molecule has 0 radical (unpaired) electrons. The van der Waals surface area contributed by atoms with Gasteiger partial charge in [0.05, 0.1) is 6.33 Å². The molecule has 0 fully saturated rings. The Morgan fingerprint density at radius 2 is 2.30 bits per heavy atom. The molecule has 1 aromatic heterocycles. The highest BCUT2D eigenvalue weighted by Gasteiger charge is 2.17. The van der Waals surface area contributed by atoms with Gasteiger partial charge in [0.15, 0.2) is 11.5 Å². The quantitative estimate of drug-likeness (QED) is 0.915. The molecule has 1 N–H and O–H groups in total. The lowest BCUT2D eigenvalue weighted by molar-refractivity contribution is 0.0936. The molecule has 1 aromatic carbocycles. The summed E-state index contributed by atoms with van der Waals surface area (Å²) in [7, 11) is 0. The Labute approximate surface area is 116 Å². The van der Waals surface area contributed by atoms with Crippen LogP contribution in [-0.2, 0) is 6.54 Å². The van der Waals surface area contributed by atoms with E-state index in [9.17, 15) is 4.79 Å². The molecule has 6 nitrogen and oxygen atoms in total. The van der Waals surface area contributed by atoms with E-state index in [4.69, 9.17) is 9.47 Å². The number of hydrogen-bond donors (Lipinski definition) is 1. The zero-order chi connectivity index (χ0) is 13.9. The predicted molar refractivity (Wildman–Crippen MR) is 71.7 cm³/mol. The summed E-state index contributed by atoms with van der Waals surface area (Å²) in [4.78, 5) is 16.1. The Bertz CT molecular complexity index is 610. The second-order valence-corrected chi connectivity index (χ2v) is 4.70. The van der Waals surface area contributed by atoms with Gasteiger partial charge in [-0.2, -0.15) is 0 Å². The molecule has 0 saturated carbocycles. The summed E-state index contributed by atoms with van der Waals surface area (Å²) in [5.74, 6) is 1.16. The van der Waals surface area contributed by atoms with Crippen molar-refractivity contribution in [3.05, 3.63) is 42.5 Å². The first-order chi connectivity index (χ1) is 9.72. The molecule has 0 aliphatic carbocycles. The molecule has 2 heterocycles. The van der Waals surface area contributed by atoms with Gasteiger partial charge in [0, 0.05) is 30.5 Å². The number of carbonyl (C=O) groups is 1. The molecular formula is C14H15N3O3. The molecule has 0 spiro atoms. The third-order valence-electron chi connectivity index (χ3n) is 3.06. The number of amides is 1. The van der Waals surface area contributed by atoms with Crippen LogP contribution < -0.4 is 14.8 Å². The van der Waals surface area contributed by atoms with E-state index >= 15 is 0 Å². The summed E-state index contributed by atoms with van der Waals surface area (Å²) in [6.07, 6.45) is 5.30. The number of nitrogens with one attached hydrogen (secondary N) is 1. The minimum atomic E-state index is -0.129. The Balaban J connectivity index is 1.64. The first kappa shape index (κ1) is 12.5. The van der Waals surface area contributed by atoms with Crippen LogP contribution in [0.4, 0.5) is 0 Å². The number of rotatable bonds is 4. The van der Waals surface area contributed by atoms with Gasteiger partial charge in [-0.3, -0.25) is 4.79 Å². The maximum absolute atomic E-state index is 12.2. The largest absolute Gasteiger partial charge is 0.454 e. The molecule has 20 heavy (non-hydrogen) atoms. The number of imidazole rings is 1. The summed E-state index contributed by atoms with van der Waals surface area (Å²) >= 11 is 0. The van der Waals surface area contributed by atoms with Gasteiger partial charge in [-0.15, -0.1) is 0 Å². The zero-order valence-electron chi connectivity index (χ0n) is 11.1. The molecule has 1 amide bonds. The van der Waals surface area contributed by atoms with Gasteiger partial charge in [-0.1, -0.05) is 0 Å². The van der Waals surface area contributed by atoms with Gasteiger partial charge in [-0.25, -0.2) is 4.98 Å². The van der Waals surface area contributed by atoms with E-state index in [1.54, 1.807) is 30.7 Å². The van der Waals surface area contributed by atoms with Crippen molar-refractivity contribution in [3.63, 3.8) is 0 Å². The molecule has 104 valence electrons. The van der Waals surface area contributed by atoms with Crippen LogP contribution in [0.1, 0.15) is 17.3 Å². The molecule has 0 bridgehead atoms. The molecule has 0 saturated heterocycles. The highest BCUT2D eigenvalue weighted by Crippen LogP contribution is 2.32. The SMILES string of the molecule is C[C@H](Cn1ccnc1)NC(=O)c1ccc2c(c1)OCO2. The number of hydrogen-bond acceptors (Lipinski definition) is 4. The normalized spacial score (nSPS) is 14.1. The fourth-order valence-electron chi connectivity index (χ4n) is 2.10. The highest BCUT2D eigenvalue weighted by atomic mass is 16.7. The third kappa shape index (κ3) is 2.59. The number of benzene rings is 1. The van der Waals surface area contributed by atoms with Crippen molar-refractivity contribution in [2.45, 2.75) is 19.5 Å². The molecule has 2 aromatic rings. The van der Waals surface area contributed by atoms with Crippen molar-refractivity contribution >= 4 is 5.91 Å². The standard InChI is InChI=1S/C14H15N3O3/c1-10(7-17-5-4-15-8-17)16-14(18)11-2-3-12-13(6-11)20-9-19-12/h2-6,8,10H,7,9H2,1H3,(H,16,18)/t10-/m1/s1. The lowest BCUT2D eigenvalue weighted by atomic mass is 10.1. The number of ether oxygens (including phenoxy) is 2. The molecule has 3 rings (SSSR count). The van der Waals surface area contributed by atoms with Crippen molar-refractivity contribution in [1.82, 2.24) is 14.9 Å². The molecule has 1 aliphatic heterocycles. The van der Waals surface area contributed by atoms with Crippen LogP contribution in [0.2, 0.25) is 0 Å². The summed E-state index contributed by atoms with van der Waals surface area (Å²) in [6.45, 7) is 2.83. The number of fused-ring (bicyclic) bond motifs is 1. The Morgan fingerprint density at radius 3 is 3.10 bits per heavy atom. The van der Waals surface area contributed by atoms with Gasteiger partial charge in [0.2, 0.25) is 6.79 Å². The lowest BCUT2D eigenvalue weighted by Crippen LogP contribution is -2.35. The van der Waals surface area contributed by atoms with Crippen molar-refractivity contribution in [3.8, 4) is 11.5 Å². The second-order valence-electron chi connectivity index (χ2n) is 4.70. The first-order valence-corrected chi connectivity index (χ1v) is 6.38. The number of nitrogens with zero attached hydrogens (tertiary/aromatic N) is 2. The Kier molecular flexibility index (Phi) is 3.28. The molecule has 6 heteroatoms. The van der Waals surface area contributed by atoms with E-state index in [0.29, 0.717) is 23.6 Å². The highest BCUT2D eigenvalue weighted by molar-refractivity contribution is 5.95. The van der Waals surface area contributed by atoms with Gasteiger partial charge in [0.25, 0.3) is 5.91 Å². The lowest BCUT2D eigenvalue weighted by Gasteiger charge is -2.14. The first-order valence-electron chi connectivity index (χ1n) is 6.38. The maximum atomic E-state index is 12.2. The van der Waals surface area contributed by atoms with Gasteiger partial charge in [0.1, 0.15) is 0 Å².